The van der Waals surface area contributed by atoms with Crippen molar-refractivity contribution >= 4 is 11.8 Å². The van der Waals surface area contributed by atoms with Gasteiger partial charge in [-0.05, 0) is 12.2 Å². The first-order valence-electron chi connectivity index (χ1n) is 3.36. The monoisotopic (exact) mass is 152 g/mol. The molecule has 0 spiro atoms. The fraction of sp³-hybridized carbons (Fsp3) is 0.556. The fourth-order valence-electron chi connectivity index (χ4n) is 0.509. The first kappa shape index (κ1) is 9.47. The summed E-state index contributed by atoms with van der Waals surface area (Å²) in [5.41, 5.74) is 0. The van der Waals surface area contributed by atoms with Crippen molar-refractivity contribution in [2.75, 3.05) is 11.5 Å². The summed E-state index contributed by atoms with van der Waals surface area (Å²) in [7, 11) is 0. The van der Waals surface area contributed by atoms with E-state index in [1.54, 1.807) is 0 Å². The molecule has 0 amide bonds. The van der Waals surface area contributed by atoms with E-state index < -0.39 is 0 Å². The van der Waals surface area contributed by atoms with Crippen LogP contribution in [0.3, 0.4) is 0 Å². The zero-order valence-electron chi connectivity index (χ0n) is 6.10. The molecule has 10 heavy (non-hydrogen) atoms. The van der Waals surface area contributed by atoms with Gasteiger partial charge in [-0.1, -0.05) is 0 Å². The quantitative estimate of drug-likeness (QED) is 0.430. The van der Waals surface area contributed by atoms with Crippen molar-refractivity contribution in [3.63, 3.8) is 0 Å². The highest BCUT2D eigenvalue weighted by atomic mass is 32.2. The van der Waals surface area contributed by atoms with Gasteiger partial charge in [0, 0.05) is 18.6 Å². The molecule has 0 aliphatic heterocycles. The van der Waals surface area contributed by atoms with Gasteiger partial charge in [-0.15, -0.1) is 24.7 Å². The zero-order valence-corrected chi connectivity index (χ0v) is 6.91. The Morgan fingerprint density at radius 2 is 1.70 bits per heavy atom. The number of hydrogen-bond acceptors (Lipinski definition) is 1. The molecule has 0 aromatic carbocycles. The van der Waals surface area contributed by atoms with Crippen LogP contribution in [0.15, 0.2) is 0 Å². The minimum absolute atomic E-state index is 0.876. The summed E-state index contributed by atoms with van der Waals surface area (Å²) in [5, 5.41) is 0. The second kappa shape index (κ2) is 8.47. The maximum Gasteiger partial charge on any atom is 0.0177 e. The minimum atomic E-state index is 0.876. The molecule has 0 aromatic heterocycles. The summed E-state index contributed by atoms with van der Waals surface area (Å²) in [4.78, 5) is 0. The van der Waals surface area contributed by atoms with Gasteiger partial charge >= 0.3 is 0 Å². The van der Waals surface area contributed by atoms with Gasteiger partial charge in [-0.2, -0.15) is 11.8 Å². The van der Waals surface area contributed by atoms with Gasteiger partial charge in [-0.25, -0.2) is 0 Å². The van der Waals surface area contributed by atoms with Crippen LogP contribution in [0.2, 0.25) is 0 Å². The summed E-state index contributed by atoms with van der Waals surface area (Å²) in [5.74, 6) is 7.42. The second-order valence-electron chi connectivity index (χ2n) is 1.87. The number of thioether (sulfide) groups is 1. The lowest BCUT2D eigenvalue weighted by Gasteiger charge is -1.93. The Kier molecular flexibility index (Phi) is 8.02. The van der Waals surface area contributed by atoms with Gasteiger partial charge < -0.3 is 0 Å². The molecule has 0 N–H and O–H groups in total. The molecule has 0 saturated carbocycles. The number of unbranched alkanes of at least 4 members (excludes halogenated alkanes) is 1. The third-order valence-corrected chi connectivity index (χ3v) is 2.07. The van der Waals surface area contributed by atoms with Crippen LogP contribution < -0.4 is 0 Å². The van der Waals surface area contributed by atoms with Gasteiger partial charge in [0.25, 0.3) is 0 Å². The van der Waals surface area contributed by atoms with Crippen LogP contribution in [0.4, 0.5) is 0 Å². The summed E-state index contributed by atoms with van der Waals surface area (Å²) < 4.78 is 0. The van der Waals surface area contributed by atoms with Crippen molar-refractivity contribution in [1.82, 2.24) is 0 Å². The lowest BCUT2D eigenvalue weighted by Crippen LogP contribution is -1.81. The average Bonchev–Trinajstić information content (AvgIpc) is 1.97. The lowest BCUT2D eigenvalue weighted by molar-refractivity contribution is 0.997. The Hall–Kier alpha value is -0.530. The standard InChI is InChI=1S/C9H12S/c1-3-5-7-9-10-8-6-4-2/h1-2H,5-9H2. The van der Waals surface area contributed by atoms with E-state index in [-0.39, 0.29) is 0 Å². The normalized spacial score (nSPS) is 8.20. The number of terminal acetylenes is 2. The topological polar surface area (TPSA) is 0 Å². The third-order valence-electron chi connectivity index (χ3n) is 1.00. The van der Waals surface area contributed by atoms with Crippen LogP contribution in [-0.4, -0.2) is 11.5 Å². The molecule has 0 bridgehead atoms. The number of rotatable bonds is 5. The minimum Gasteiger partial charge on any atom is -0.161 e. The van der Waals surface area contributed by atoms with Crippen molar-refractivity contribution in [2.24, 2.45) is 0 Å². The van der Waals surface area contributed by atoms with Crippen molar-refractivity contribution in [3.05, 3.63) is 0 Å². The maximum atomic E-state index is 5.08. The highest BCUT2D eigenvalue weighted by molar-refractivity contribution is 7.99. The molecule has 0 nitrogen and oxygen atoms in total. The fourth-order valence-corrected chi connectivity index (χ4v) is 1.32. The summed E-state index contributed by atoms with van der Waals surface area (Å²) in [6.07, 6.45) is 13.0. The summed E-state index contributed by atoms with van der Waals surface area (Å²) in [6, 6.07) is 0. The summed E-state index contributed by atoms with van der Waals surface area (Å²) >= 11 is 1.88. The molecule has 0 aliphatic carbocycles. The van der Waals surface area contributed by atoms with Crippen LogP contribution in [0.25, 0.3) is 0 Å². The maximum absolute atomic E-state index is 5.08. The molecule has 0 heterocycles. The van der Waals surface area contributed by atoms with Crippen LogP contribution >= 0.6 is 11.8 Å². The predicted molar refractivity (Wildman–Crippen MR) is 48.8 cm³/mol. The summed E-state index contributed by atoms with van der Waals surface area (Å²) in [6.45, 7) is 0. The Labute approximate surface area is 67.8 Å². The van der Waals surface area contributed by atoms with Crippen molar-refractivity contribution in [1.29, 1.82) is 0 Å². The third kappa shape index (κ3) is 7.47. The Bertz CT molecular complexity index is 118. The van der Waals surface area contributed by atoms with Crippen LogP contribution in [0.5, 0.6) is 0 Å². The van der Waals surface area contributed by atoms with E-state index in [2.05, 4.69) is 11.8 Å². The molecule has 0 atom stereocenters. The molecule has 54 valence electrons. The first-order chi connectivity index (χ1) is 4.91. The van der Waals surface area contributed by atoms with Crippen molar-refractivity contribution in [2.45, 2.75) is 19.3 Å². The molecule has 0 aromatic rings. The van der Waals surface area contributed by atoms with Gasteiger partial charge in [0.05, 0.1) is 0 Å². The Balaban J connectivity index is 2.80. The lowest BCUT2D eigenvalue weighted by atomic mass is 10.4. The van der Waals surface area contributed by atoms with E-state index >= 15 is 0 Å². The largest absolute Gasteiger partial charge is 0.161 e. The molecular weight excluding hydrogens is 140 g/mol. The average molecular weight is 152 g/mol. The van der Waals surface area contributed by atoms with Gasteiger partial charge in [-0.3, -0.25) is 0 Å². The van der Waals surface area contributed by atoms with Crippen LogP contribution in [-0.2, 0) is 0 Å². The van der Waals surface area contributed by atoms with E-state index in [0.29, 0.717) is 0 Å². The van der Waals surface area contributed by atoms with E-state index in [9.17, 15) is 0 Å². The Morgan fingerprint density at radius 3 is 2.30 bits per heavy atom. The van der Waals surface area contributed by atoms with E-state index in [4.69, 9.17) is 12.8 Å². The second-order valence-corrected chi connectivity index (χ2v) is 3.10. The predicted octanol–water partition coefficient (Wildman–Crippen LogP) is 2.16. The van der Waals surface area contributed by atoms with Crippen molar-refractivity contribution < 1.29 is 0 Å². The van der Waals surface area contributed by atoms with Crippen molar-refractivity contribution in [3.8, 4) is 24.7 Å². The number of hydrogen-bond donors (Lipinski definition) is 0. The first-order valence-corrected chi connectivity index (χ1v) is 4.52. The van der Waals surface area contributed by atoms with Gasteiger partial charge in [0.2, 0.25) is 0 Å². The molecule has 0 aliphatic rings. The van der Waals surface area contributed by atoms with Gasteiger partial charge in [0.1, 0.15) is 0 Å². The molecule has 0 radical (unpaired) electrons. The zero-order chi connectivity index (χ0) is 7.66. The SMILES string of the molecule is C#CCCCSCCC#C. The van der Waals surface area contributed by atoms with Crippen LogP contribution in [0.1, 0.15) is 19.3 Å². The molecule has 0 saturated heterocycles. The molecule has 0 rings (SSSR count). The molecular formula is C9H12S. The highest BCUT2D eigenvalue weighted by Crippen LogP contribution is 2.04. The molecule has 1 heteroatoms. The van der Waals surface area contributed by atoms with Crippen LogP contribution in [0, 0.1) is 24.7 Å². The highest BCUT2D eigenvalue weighted by Gasteiger charge is 1.85. The molecule has 0 fully saturated rings. The van der Waals surface area contributed by atoms with E-state index in [1.165, 1.54) is 0 Å². The van der Waals surface area contributed by atoms with E-state index in [0.717, 1.165) is 30.8 Å². The Morgan fingerprint density at radius 1 is 1.00 bits per heavy atom. The smallest absolute Gasteiger partial charge is 0.0177 e. The molecule has 0 unspecified atom stereocenters. The van der Waals surface area contributed by atoms with Gasteiger partial charge in [0.15, 0.2) is 0 Å². The van der Waals surface area contributed by atoms with E-state index in [1.807, 2.05) is 11.8 Å².